The van der Waals surface area contributed by atoms with E-state index in [1.165, 1.54) is 61.1 Å². The van der Waals surface area contributed by atoms with Crippen LogP contribution in [0, 0.1) is 13.8 Å². The Kier molecular flexibility index (Phi) is 6.86. The molecule has 0 radical (unpaired) electrons. The molecular weight excluding hydrogens is 520 g/mol. The molecule has 2 aromatic carbocycles. The minimum absolute atomic E-state index is 0.359. The number of aromatic nitrogens is 2. The first-order chi connectivity index (χ1) is 21.1. The van der Waals surface area contributed by atoms with Crippen LogP contribution in [0.3, 0.4) is 0 Å². The molecule has 3 aliphatic rings. The summed E-state index contributed by atoms with van der Waals surface area (Å²) in [6.45, 7) is 10.4. The van der Waals surface area contributed by atoms with Crippen molar-refractivity contribution in [3.8, 4) is 5.69 Å². The number of hydrogen-bond donors (Lipinski definition) is 0. The van der Waals surface area contributed by atoms with Crippen LogP contribution in [-0.2, 0) is 5.41 Å². The minimum atomic E-state index is -0.359. The number of nitrogens with zero attached hydrogens (tertiary/aromatic N) is 2. The van der Waals surface area contributed by atoms with Gasteiger partial charge in [-0.2, -0.15) is 0 Å². The summed E-state index contributed by atoms with van der Waals surface area (Å²) in [5.74, 6) is 0. The molecule has 2 heterocycles. The molecule has 3 aliphatic carbocycles. The Labute approximate surface area is 255 Å². The monoisotopic (exact) mass is 558 g/mol. The number of benzene rings is 2. The summed E-state index contributed by atoms with van der Waals surface area (Å²) in [5.41, 5.74) is 15.1. The van der Waals surface area contributed by atoms with E-state index in [2.05, 4.69) is 129 Å². The predicted octanol–water partition coefficient (Wildman–Crippen LogP) is 10.5. The summed E-state index contributed by atoms with van der Waals surface area (Å²) in [5, 5.41) is 1.30. The number of allylic oxidation sites excluding steroid dienone is 13. The van der Waals surface area contributed by atoms with Crippen LogP contribution in [0.25, 0.3) is 27.7 Å². The molecule has 4 aromatic rings. The average molecular weight is 559 g/mol. The third-order valence-electron chi connectivity index (χ3n) is 9.32. The van der Waals surface area contributed by atoms with Gasteiger partial charge in [-0.3, -0.25) is 4.98 Å². The van der Waals surface area contributed by atoms with Gasteiger partial charge in [-0.25, -0.2) is 0 Å². The van der Waals surface area contributed by atoms with Crippen molar-refractivity contribution in [1.82, 2.24) is 9.55 Å². The quantitative estimate of drug-likeness (QED) is 0.215. The third kappa shape index (κ3) is 4.28. The predicted molar refractivity (Wildman–Crippen MR) is 183 cm³/mol. The zero-order chi connectivity index (χ0) is 29.6. The van der Waals surface area contributed by atoms with Crippen LogP contribution in [0.15, 0.2) is 133 Å². The first-order valence-electron chi connectivity index (χ1n) is 15.5. The second-order valence-corrected chi connectivity index (χ2v) is 12.0. The highest BCUT2D eigenvalue weighted by molar-refractivity contribution is 5.98. The molecule has 2 aromatic heterocycles. The summed E-state index contributed by atoms with van der Waals surface area (Å²) in [6, 6.07) is 18.2. The topological polar surface area (TPSA) is 17.8 Å². The van der Waals surface area contributed by atoms with E-state index in [-0.39, 0.29) is 5.41 Å². The van der Waals surface area contributed by atoms with Crippen molar-refractivity contribution in [2.24, 2.45) is 0 Å². The zero-order valence-electron chi connectivity index (χ0n) is 25.4. The highest BCUT2D eigenvalue weighted by Gasteiger charge is 2.49. The SMILES string of the molecule is C=C/C=C(\C=C/C)c1cc(C)cc(-n2cc(C)c3cc4c(cc32)C(C2=CC=CCC2)(c2ccccn2)C2=C4C=CCC2)c1. The first kappa shape index (κ1) is 27.2. The van der Waals surface area contributed by atoms with Crippen LogP contribution in [0.5, 0.6) is 0 Å². The van der Waals surface area contributed by atoms with Crippen molar-refractivity contribution in [3.63, 3.8) is 0 Å². The van der Waals surface area contributed by atoms with Gasteiger partial charge < -0.3 is 4.57 Å². The molecule has 1 atom stereocenters. The molecule has 0 saturated carbocycles. The van der Waals surface area contributed by atoms with Crippen LogP contribution in [0.4, 0.5) is 0 Å². The standard InChI is InChI=1S/C41H38N2/c1-5-14-30(15-6-2)31-22-28(3)23-33(24-31)43-27-29(4)35-25-36-34-18-10-11-19-37(34)41(38(36)26-39(35)43,32-16-8-7-9-17-32)40-20-12-13-21-42-40/h5-8,10,12-16,18,20-27H,1,9,11,17,19H2,2-4H3/b15-6-,30-14+. The Morgan fingerprint density at radius 1 is 1.02 bits per heavy atom. The molecule has 0 aliphatic heterocycles. The largest absolute Gasteiger partial charge is 0.316 e. The number of aryl methyl sites for hydroxylation is 2. The van der Waals surface area contributed by atoms with Crippen molar-refractivity contribution in [2.75, 3.05) is 0 Å². The second kappa shape index (κ2) is 10.9. The Balaban J connectivity index is 1.53. The fraction of sp³-hybridized carbons (Fsp3) is 0.195. The molecule has 7 rings (SSSR count). The summed E-state index contributed by atoms with van der Waals surface area (Å²) < 4.78 is 2.40. The Morgan fingerprint density at radius 3 is 2.67 bits per heavy atom. The number of pyridine rings is 1. The zero-order valence-corrected chi connectivity index (χ0v) is 25.4. The number of hydrogen-bond acceptors (Lipinski definition) is 1. The molecule has 212 valence electrons. The van der Waals surface area contributed by atoms with E-state index in [4.69, 9.17) is 4.98 Å². The molecule has 0 fully saturated rings. The number of rotatable bonds is 6. The van der Waals surface area contributed by atoms with Crippen molar-refractivity contribution in [2.45, 2.75) is 51.9 Å². The molecule has 0 N–H and O–H groups in total. The maximum atomic E-state index is 5.09. The lowest BCUT2D eigenvalue weighted by Gasteiger charge is -2.38. The fourth-order valence-corrected chi connectivity index (χ4v) is 7.60. The maximum Gasteiger partial charge on any atom is 0.0812 e. The first-order valence-corrected chi connectivity index (χ1v) is 15.5. The van der Waals surface area contributed by atoms with Crippen LogP contribution < -0.4 is 0 Å². The second-order valence-electron chi connectivity index (χ2n) is 12.0. The van der Waals surface area contributed by atoms with Crippen LogP contribution in [0.2, 0.25) is 0 Å². The number of fused-ring (bicyclic) bond motifs is 3. The van der Waals surface area contributed by atoms with Crippen molar-refractivity contribution in [3.05, 3.63) is 167 Å². The lowest BCUT2D eigenvalue weighted by atomic mass is 9.65. The van der Waals surface area contributed by atoms with Gasteiger partial charge in [-0.1, -0.05) is 73.4 Å². The van der Waals surface area contributed by atoms with Gasteiger partial charge in [0, 0.05) is 23.5 Å². The van der Waals surface area contributed by atoms with Gasteiger partial charge in [0.1, 0.15) is 0 Å². The molecule has 2 nitrogen and oxygen atoms in total. The van der Waals surface area contributed by atoms with Crippen molar-refractivity contribution < 1.29 is 0 Å². The lowest BCUT2D eigenvalue weighted by Crippen LogP contribution is -2.33. The van der Waals surface area contributed by atoms with Gasteiger partial charge >= 0.3 is 0 Å². The smallest absolute Gasteiger partial charge is 0.0812 e. The molecule has 1 unspecified atom stereocenters. The summed E-state index contributed by atoms with van der Waals surface area (Å²) in [4.78, 5) is 5.09. The average Bonchev–Trinajstić information content (AvgIpc) is 3.52. The van der Waals surface area contributed by atoms with Crippen LogP contribution in [-0.4, -0.2) is 9.55 Å². The van der Waals surface area contributed by atoms with E-state index in [0.717, 1.165) is 37.0 Å². The van der Waals surface area contributed by atoms with Crippen molar-refractivity contribution >= 4 is 22.0 Å². The lowest BCUT2D eigenvalue weighted by molar-refractivity contribution is 0.626. The highest BCUT2D eigenvalue weighted by atomic mass is 15.0. The summed E-state index contributed by atoms with van der Waals surface area (Å²) >= 11 is 0. The molecule has 2 heteroatoms. The van der Waals surface area contributed by atoms with Gasteiger partial charge in [0.2, 0.25) is 0 Å². The minimum Gasteiger partial charge on any atom is -0.316 e. The molecule has 0 bridgehead atoms. The van der Waals surface area contributed by atoms with Crippen molar-refractivity contribution in [1.29, 1.82) is 0 Å². The van der Waals surface area contributed by atoms with Gasteiger partial charge in [0.25, 0.3) is 0 Å². The molecule has 0 spiro atoms. The summed E-state index contributed by atoms with van der Waals surface area (Å²) in [7, 11) is 0. The normalized spacial score (nSPS) is 19.7. The highest BCUT2D eigenvalue weighted by Crippen LogP contribution is 2.59. The van der Waals surface area contributed by atoms with Gasteiger partial charge in [-0.15, -0.1) is 0 Å². The molecule has 43 heavy (non-hydrogen) atoms. The maximum absolute atomic E-state index is 5.09. The fourth-order valence-electron chi connectivity index (χ4n) is 7.60. The van der Waals surface area contributed by atoms with Gasteiger partial charge in [0.05, 0.1) is 16.6 Å². The molecule has 0 saturated heterocycles. The van der Waals surface area contributed by atoms with Crippen LogP contribution >= 0.6 is 0 Å². The van der Waals surface area contributed by atoms with E-state index >= 15 is 0 Å². The third-order valence-corrected chi connectivity index (χ3v) is 9.32. The Bertz CT molecular complexity index is 1950. The Hall–Kier alpha value is -4.69. The molecular formula is C41H38N2. The van der Waals surface area contributed by atoms with Gasteiger partial charge in [0.15, 0.2) is 0 Å². The van der Waals surface area contributed by atoms with E-state index in [0.29, 0.717) is 0 Å². The molecule has 0 amide bonds. The van der Waals surface area contributed by atoms with E-state index < -0.39 is 0 Å². The van der Waals surface area contributed by atoms with E-state index in [9.17, 15) is 0 Å². The van der Waals surface area contributed by atoms with E-state index in [1.54, 1.807) is 0 Å². The van der Waals surface area contributed by atoms with Crippen LogP contribution in [0.1, 0.15) is 66.1 Å². The van der Waals surface area contributed by atoms with Gasteiger partial charge in [-0.05, 0) is 133 Å². The van der Waals surface area contributed by atoms with E-state index in [1.807, 2.05) is 18.3 Å². The Morgan fingerprint density at radius 2 is 1.91 bits per heavy atom. The summed E-state index contributed by atoms with van der Waals surface area (Å²) in [6.07, 6.45) is 28.3.